The number of hydrogen-bond acceptors (Lipinski definition) is 6. The Balaban J connectivity index is 1.36. The van der Waals surface area contributed by atoms with Crippen LogP contribution in [0.1, 0.15) is 16.8 Å². The van der Waals surface area contributed by atoms with Gasteiger partial charge in [0.05, 0.1) is 34.8 Å². The molecule has 1 aromatic carbocycles. The van der Waals surface area contributed by atoms with E-state index in [2.05, 4.69) is 48.8 Å². The summed E-state index contributed by atoms with van der Waals surface area (Å²) in [6.45, 7) is 0.555. The van der Waals surface area contributed by atoms with Gasteiger partial charge in [-0.05, 0) is 36.6 Å². The highest BCUT2D eigenvalue weighted by molar-refractivity contribution is 6.33. The van der Waals surface area contributed by atoms with Crippen LogP contribution >= 0.6 is 11.6 Å². The maximum Gasteiger partial charge on any atom is 0.145 e. The molecule has 0 amide bonds. The van der Waals surface area contributed by atoms with Crippen molar-refractivity contribution in [2.45, 2.75) is 19.4 Å². The molecule has 1 aliphatic carbocycles. The largest absolute Gasteiger partial charge is 0.363 e. The summed E-state index contributed by atoms with van der Waals surface area (Å²) in [6.07, 6.45) is 6.97. The van der Waals surface area contributed by atoms with E-state index in [4.69, 9.17) is 11.6 Å². The number of nitrogens with one attached hydrogen (secondary N) is 2. The van der Waals surface area contributed by atoms with Gasteiger partial charge in [-0.1, -0.05) is 41.9 Å². The molecule has 0 atom stereocenters. The third-order valence-corrected chi connectivity index (χ3v) is 5.42. The standard InChI is InChI=1S/C23H19ClN6/c24-20-11-17(13-27-23(20)26-12-16-6-3-4-10-25-16)30-22-19-9-8-15-5-1-2-7-18(15)21(19)28-14-29-22/h1-7,10-11,13-14H,8-9,12H2,(H,26,27)(H,28,29,30). The molecule has 0 radical (unpaired) electrons. The van der Waals surface area contributed by atoms with Gasteiger partial charge >= 0.3 is 0 Å². The zero-order chi connectivity index (χ0) is 20.3. The van der Waals surface area contributed by atoms with Crippen LogP contribution in [0.25, 0.3) is 11.3 Å². The second kappa shape index (κ2) is 8.08. The van der Waals surface area contributed by atoms with E-state index in [1.165, 1.54) is 11.1 Å². The first kappa shape index (κ1) is 18.5. The van der Waals surface area contributed by atoms with E-state index < -0.39 is 0 Å². The van der Waals surface area contributed by atoms with Crippen molar-refractivity contribution < 1.29 is 0 Å². The van der Waals surface area contributed by atoms with Crippen LogP contribution < -0.4 is 10.6 Å². The van der Waals surface area contributed by atoms with Crippen LogP contribution in [0.4, 0.5) is 17.3 Å². The average molecular weight is 415 g/mol. The lowest BCUT2D eigenvalue weighted by Crippen LogP contribution is -2.10. The molecule has 0 bridgehead atoms. The van der Waals surface area contributed by atoms with E-state index in [1.807, 2.05) is 30.3 Å². The predicted octanol–water partition coefficient (Wildman–Crippen LogP) is 5.04. The molecule has 6 nitrogen and oxygen atoms in total. The smallest absolute Gasteiger partial charge is 0.145 e. The highest BCUT2D eigenvalue weighted by atomic mass is 35.5. The van der Waals surface area contributed by atoms with E-state index in [9.17, 15) is 0 Å². The normalized spacial score (nSPS) is 12.0. The predicted molar refractivity (Wildman–Crippen MR) is 119 cm³/mol. The van der Waals surface area contributed by atoms with Crippen LogP contribution in [0.3, 0.4) is 0 Å². The number of nitrogens with zero attached hydrogens (tertiary/aromatic N) is 4. The van der Waals surface area contributed by atoms with Crippen molar-refractivity contribution in [1.82, 2.24) is 19.9 Å². The Hall–Kier alpha value is -3.51. The lowest BCUT2D eigenvalue weighted by molar-refractivity contribution is 0.914. The zero-order valence-electron chi connectivity index (χ0n) is 16.1. The van der Waals surface area contributed by atoms with Gasteiger partial charge in [-0.25, -0.2) is 15.0 Å². The van der Waals surface area contributed by atoms with Crippen LogP contribution in [0.2, 0.25) is 5.02 Å². The minimum absolute atomic E-state index is 0.532. The molecule has 0 spiro atoms. The maximum atomic E-state index is 6.45. The molecule has 30 heavy (non-hydrogen) atoms. The van der Waals surface area contributed by atoms with E-state index in [-0.39, 0.29) is 0 Å². The Morgan fingerprint density at radius 2 is 1.80 bits per heavy atom. The van der Waals surface area contributed by atoms with Crippen LogP contribution in [0.5, 0.6) is 0 Å². The second-order valence-corrected chi connectivity index (χ2v) is 7.47. The van der Waals surface area contributed by atoms with Gasteiger partial charge in [0.2, 0.25) is 0 Å². The molecule has 0 saturated carbocycles. The first-order valence-electron chi connectivity index (χ1n) is 9.76. The topological polar surface area (TPSA) is 75.6 Å². The van der Waals surface area contributed by atoms with Crippen molar-refractivity contribution in [3.05, 3.63) is 89.1 Å². The molecule has 5 rings (SSSR count). The van der Waals surface area contributed by atoms with Crippen molar-refractivity contribution in [2.75, 3.05) is 10.6 Å². The number of aromatic nitrogens is 4. The van der Waals surface area contributed by atoms with E-state index in [0.29, 0.717) is 17.4 Å². The van der Waals surface area contributed by atoms with Gasteiger partial charge in [-0.3, -0.25) is 4.98 Å². The van der Waals surface area contributed by atoms with Gasteiger partial charge in [0, 0.05) is 17.3 Å². The quantitative estimate of drug-likeness (QED) is 0.476. The number of hydrogen-bond donors (Lipinski definition) is 2. The minimum Gasteiger partial charge on any atom is -0.363 e. The Kier molecular flexibility index (Phi) is 4.99. The van der Waals surface area contributed by atoms with Gasteiger partial charge in [-0.2, -0.15) is 0 Å². The first-order valence-corrected chi connectivity index (χ1v) is 10.1. The van der Waals surface area contributed by atoms with Crippen molar-refractivity contribution in [2.24, 2.45) is 0 Å². The molecular formula is C23H19ClN6. The number of aryl methyl sites for hydroxylation is 1. The Morgan fingerprint density at radius 1 is 0.900 bits per heavy atom. The molecule has 4 aromatic rings. The van der Waals surface area contributed by atoms with Crippen LogP contribution in [-0.4, -0.2) is 19.9 Å². The van der Waals surface area contributed by atoms with Gasteiger partial charge in [0.25, 0.3) is 0 Å². The summed E-state index contributed by atoms with van der Waals surface area (Å²) >= 11 is 6.45. The van der Waals surface area contributed by atoms with Crippen molar-refractivity contribution in [3.8, 4) is 11.3 Å². The van der Waals surface area contributed by atoms with Gasteiger partial charge in [0.15, 0.2) is 0 Å². The second-order valence-electron chi connectivity index (χ2n) is 7.06. The summed E-state index contributed by atoms with van der Waals surface area (Å²) in [7, 11) is 0. The Bertz CT molecular complexity index is 1200. The molecular weight excluding hydrogens is 396 g/mol. The summed E-state index contributed by atoms with van der Waals surface area (Å²) in [5.41, 5.74) is 6.30. The summed E-state index contributed by atoms with van der Waals surface area (Å²) in [5, 5.41) is 7.12. The average Bonchev–Trinajstić information content (AvgIpc) is 2.79. The fraction of sp³-hybridized carbons (Fsp3) is 0.130. The lowest BCUT2D eigenvalue weighted by Gasteiger charge is -2.21. The first-order chi connectivity index (χ1) is 14.8. The number of pyridine rings is 2. The summed E-state index contributed by atoms with van der Waals surface area (Å²) in [6, 6.07) is 16.0. The number of rotatable bonds is 5. The third kappa shape index (κ3) is 3.69. The van der Waals surface area contributed by atoms with Crippen molar-refractivity contribution in [3.63, 3.8) is 0 Å². The number of halogens is 1. The molecule has 0 fully saturated rings. The Morgan fingerprint density at radius 3 is 2.67 bits per heavy atom. The molecule has 7 heteroatoms. The van der Waals surface area contributed by atoms with Gasteiger partial charge in [0.1, 0.15) is 18.0 Å². The summed E-state index contributed by atoms with van der Waals surface area (Å²) in [4.78, 5) is 17.8. The fourth-order valence-electron chi connectivity index (χ4n) is 3.67. The van der Waals surface area contributed by atoms with Gasteiger partial charge < -0.3 is 10.6 Å². The summed E-state index contributed by atoms with van der Waals surface area (Å²) < 4.78 is 0. The van der Waals surface area contributed by atoms with E-state index >= 15 is 0 Å². The van der Waals surface area contributed by atoms with Crippen LogP contribution in [-0.2, 0) is 19.4 Å². The van der Waals surface area contributed by atoms with Crippen LogP contribution in [0, 0.1) is 0 Å². The molecule has 3 heterocycles. The van der Waals surface area contributed by atoms with Crippen LogP contribution in [0.15, 0.2) is 67.3 Å². The van der Waals surface area contributed by atoms with Crippen molar-refractivity contribution >= 4 is 28.9 Å². The van der Waals surface area contributed by atoms with E-state index in [0.717, 1.165) is 41.3 Å². The number of benzene rings is 1. The molecule has 2 N–H and O–H groups in total. The Labute approximate surface area is 179 Å². The van der Waals surface area contributed by atoms with Crippen molar-refractivity contribution in [1.29, 1.82) is 0 Å². The van der Waals surface area contributed by atoms with Gasteiger partial charge in [-0.15, -0.1) is 0 Å². The lowest BCUT2D eigenvalue weighted by atomic mass is 9.89. The zero-order valence-corrected chi connectivity index (χ0v) is 16.9. The summed E-state index contributed by atoms with van der Waals surface area (Å²) in [5.74, 6) is 1.41. The molecule has 3 aromatic heterocycles. The van der Waals surface area contributed by atoms with E-state index in [1.54, 1.807) is 18.7 Å². The number of anilines is 3. The minimum atomic E-state index is 0.532. The highest BCUT2D eigenvalue weighted by Crippen LogP contribution is 2.35. The monoisotopic (exact) mass is 414 g/mol. The molecule has 148 valence electrons. The molecule has 0 unspecified atom stereocenters. The molecule has 0 saturated heterocycles. The fourth-order valence-corrected chi connectivity index (χ4v) is 3.90. The maximum absolute atomic E-state index is 6.45. The molecule has 0 aliphatic heterocycles. The SMILES string of the molecule is Clc1cc(Nc2ncnc3c2CCc2ccccc2-3)cnc1NCc1ccccn1. The number of fused-ring (bicyclic) bond motifs is 3. The third-order valence-electron chi connectivity index (χ3n) is 5.13. The highest BCUT2D eigenvalue weighted by Gasteiger charge is 2.20. The molecule has 1 aliphatic rings.